The zero-order chi connectivity index (χ0) is 14.0. The summed E-state index contributed by atoms with van der Waals surface area (Å²) < 4.78 is 0. The van der Waals surface area contributed by atoms with Crippen molar-refractivity contribution in [2.24, 2.45) is 0 Å². The first-order valence-corrected chi connectivity index (χ1v) is 6.35. The molecule has 0 aromatic heterocycles. The van der Waals surface area contributed by atoms with Crippen molar-refractivity contribution in [2.45, 2.75) is 6.92 Å². The van der Waals surface area contributed by atoms with Gasteiger partial charge in [0.05, 0.1) is 10.7 Å². The molecule has 0 saturated carbocycles. The Morgan fingerprint density at radius 3 is 2.58 bits per heavy atom. The first kappa shape index (κ1) is 13.7. The second-order valence-electron chi connectivity index (χ2n) is 4.15. The van der Waals surface area contributed by atoms with Gasteiger partial charge in [-0.15, -0.1) is 0 Å². The van der Waals surface area contributed by atoms with Crippen molar-refractivity contribution in [1.29, 1.82) is 0 Å². The third-order valence-electron chi connectivity index (χ3n) is 2.67. The minimum absolute atomic E-state index is 0.248. The second kappa shape index (κ2) is 5.51. The van der Waals surface area contributed by atoms with E-state index in [1.165, 1.54) is 0 Å². The third-order valence-corrected chi connectivity index (χ3v) is 3.24. The van der Waals surface area contributed by atoms with Gasteiger partial charge in [0.25, 0.3) is 5.91 Å². The van der Waals surface area contributed by atoms with Crippen molar-refractivity contribution in [3.8, 4) is 0 Å². The third kappa shape index (κ3) is 3.19. The van der Waals surface area contributed by atoms with E-state index in [9.17, 15) is 4.79 Å². The molecule has 2 aromatic carbocycles. The van der Waals surface area contributed by atoms with Crippen LogP contribution in [-0.4, -0.2) is 5.91 Å². The van der Waals surface area contributed by atoms with Crippen LogP contribution in [0.4, 0.5) is 11.4 Å². The number of carbonyl (C=O) groups is 1. The lowest BCUT2D eigenvalue weighted by Crippen LogP contribution is -2.13. The molecule has 19 heavy (non-hydrogen) atoms. The number of aryl methyl sites for hydroxylation is 1. The molecule has 98 valence electrons. The van der Waals surface area contributed by atoms with Gasteiger partial charge in [-0.25, -0.2) is 0 Å². The van der Waals surface area contributed by atoms with Crippen LogP contribution in [0.3, 0.4) is 0 Å². The van der Waals surface area contributed by atoms with Crippen molar-refractivity contribution in [1.82, 2.24) is 0 Å². The Morgan fingerprint density at radius 2 is 1.89 bits per heavy atom. The molecule has 0 unspecified atom stereocenters. The second-order valence-corrected chi connectivity index (χ2v) is 5.00. The van der Waals surface area contributed by atoms with E-state index in [2.05, 4.69) is 5.32 Å². The van der Waals surface area contributed by atoms with E-state index in [0.29, 0.717) is 27.0 Å². The lowest BCUT2D eigenvalue weighted by Gasteiger charge is -2.10. The van der Waals surface area contributed by atoms with Crippen LogP contribution in [0.15, 0.2) is 36.4 Å². The average molecular weight is 295 g/mol. The molecule has 5 heteroatoms. The SMILES string of the molecule is Cc1cc(N)ccc1C(=O)Nc1cc(Cl)ccc1Cl. The topological polar surface area (TPSA) is 55.1 Å². The first-order chi connectivity index (χ1) is 8.97. The first-order valence-electron chi connectivity index (χ1n) is 5.60. The number of carbonyl (C=O) groups excluding carboxylic acids is 1. The molecule has 0 aliphatic rings. The summed E-state index contributed by atoms with van der Waals surface area (Å²) >= 11 is 11.9. The van der Waals surface area contributed by atoms with Crippen molar-refractivity contribution in [3.63, 3.8) is 0 Å². The molecular formula is C14H12Cl2N2O. The van der Waals surface area contributed by atoms with Gasteiger partial charge >= 0.3 is 0 Å². The molecule has 0 heterocycles. The molecule has 0 aliphatic carbocycles. The summed E-state index contributed by atoms with van der Waals surface area (Å²) in [4.78, 5) is 12.2. The highest BCUT2D eigenvalue weighted by Gasteiger charge is 2.11. The molecular weight excluding hydrogens is 283 g/mol. The Kier molecular flexibility index (Phi) is 3.98. The Balaban J connectivity index is 2.28. The van der Waals surface area contributed by atoms with Crippen LogP contribution in [0.2, 0.25) is 10.0 Å². The van der Waals surface area contributed by atoms with Gasteiger partial charge in [-0.2, -0.15) is 0 Å². The van der Waals surface area contributed by atoms with E-state index < -0.39 is 0 Å². The number of nitrogens with two attached hydrogens (primary N) is 1. The van der Waals surface area contributed by atoms with E-state index in [1.54, 1.807) is 36.4 Å². The predicted molar refractivity (Wildman–Crippen MR) is 80.0 cm³/mol. The highest BCUT2D eigenvalue weighted by atomic mass is 35.5. The van der Waals surface area contributed by atoms with E-state index in [4.69, 9.17) is 28.9 Å². The Bertz CT molecular complexity index is 641. The molecule has 2 rings (SSSR count). The maximum atomic E-state index is 12.2. The van der Waals surface area contributed by atoms with Crippen LogP contribution >= 0.6 is 23.2 Å². The smallest absolute Gasteiger partial charge is 0.255 e. The highest BCUT2D eigenvalue weighted by molar-refractivity contribution is 6.35. The maximum Gasteiger partial charge on any atom is 0.255 e. The van der Waals surface area contributed by atoms with Crippen LogP contribution in [0.25, 0.3) is 0 Å². The highest BCUT2D eigenvalue weighted by Crippen LogP contribution is 2.26. The van der Waals surface area contributed by atoms with E-state index in [0.717, 1.165) is 5.56 Å². The van der Waals surface area contributed by atoms with Gasteiger partial charge in [-0.1, -0.05) is 23.2 Å². The number of anilines is 2. The normalized spacial score (nSPS) is 10.3. The lowest BCUT2D eigenvalue weighted by molar-refractivity contribution is 0.102. The van der Waals surface area contributed by atoms with Crippen LogP contribution in [0.5, 0.6) is 0 Å². The fourth-order valence-electron chi connectivity index (χ4n) is 1.72. The number of nitrogens with one attached hydrogen (secondary N) is 1. The summed E-state index contributed by atoms with van der Waals surface area (Å²) in [5.41, 5.74) is 8.10. The number of amides is 1. The van der Waals surface area contributed by atoms with Crippen LogP contribution < -0.4 is 11.1 Å². The number of nitrogen functional groups attached to an aromatic ring is 1. The van der Waals surface area contributed by atoms with Crippen LogP contribution in [0, 0.1) is 6.92 Å². The van der Waals surface area contributed by atoms with Gasteiger partial charge in [0.15, 0.2) is 0 Å². The fraction of sp³-hybridized carbons (Fsp3) is 0.0714. The van der Waals surface area contributed by atoms with Crippen molar-refractivity contribution < 1.29 is 4.79 Å². The average Bonchev–Trinajstić information content (AvgIpc) is 2.33. The Morgan fingerprint density at radius 1 is 1.16 bits per heavy atom. The summed E-state index contributed by atoms with van der Waals surface area (Å²) in [5, 5.41) is 3.68. The zero-order valence-electron chi connectivity index (χ0n) is 10.2. The zero-order valence-corrected chi connectivity index (χ0v) is 11.7. The van der Waals surface area contributed by atoms with Gasteiger partial charge in [0.1, 0.15) is 0 Å². The summed E-state index contributed by atoms with van der Waals surface area (Å²) in [7, 11) is 0. The molecule has 0 aliphatic heterocycles. The van der Waals surface area contributed by atoms with E-state index in [1.807, 2.05) is 6.92 Å². The van der Waals surface area contributed by atoms with Gasteiger partial charge in [0, 0.05) is 16.3 Å². The molecule has 3 nitrogen and oxygen atoms in total. The van der Waals surface area contributed by atoms with E-state index in [-0.39, 0.29) is 5.91 Å². The summed E-state index contributed by atoms with van der Waals surface area (Å²) in [6.45, 7) is 1.82. The molecule has 0 fully saturated rings. The number of halogens is 2. The summed E-state index contributed by atoms with van der Waals surface area (Å²) in [6.07, 6.45) is 0. The van der Waals surface area contributed by atoms with Crippen LogP contribution in [0.1, 0.15) is 15.9 Å². The quantitative estimate of drug-likeness (QED) is 0.818. The standard InChI is InChI=1S/C14H12Cl2N2O/c1-8-6-10(17)3-4-11(8)14(19)18-13-7-9(15)2-5-12(13)16/h2-7H,17H2,1H3,(H,18,19). The van der Waals surface area contributed by atoms with Gasteiger partial charge in [0.2, 0.25) is 0 Å². The molecule has 0 radical (unpaired) electrons. The molecule has 0 atom stereocenters. The molecule has 1 amide bonds. The maximum absolute atomic E-state index is 12.2. The molecule has 3 N–H and O–H groups in total. The number of hydrogen-bond acceptors (Lipinski definition) is 2. The molecule has 0 bridgehead atoms. The fourth-order valence-corrected chi connectivity index (χ4v) is 2.06. The Hall–Kier alpha value is -1.71. The summed E-state index contributed by atoms with van der Waals surface area (Å²) in [6, 6.07) is 10.0. The van der Waals surface area contributed by atoms with Crippen molar-refractivity contribution in [2.75, 3.05) is 11.1 Å². The van der Waals surface area contributed by atoms with Gasteiger partial charge < -0.3 is 11.1 Å². The van der Waals surface area contributed by atoms with E-state index >= 15 is 0 Å². The minimum atomic E-state index is -0.248. The van der Waals surface area contributed by atoms with Gasteiger partial charge in [-0.05, 0) is 48.9 Å². The molecule has 0 spiro atoms. The lowest BCUT2D eigenvalue weighted by atomic mass is 10.1. The largest absolute Gasteiger partial charge is 0.399 e. The predicted octanol–water partition coefficient (Wildman–Crippen LogP) is 4.14. The number of hydrogen-bond donors (Lipinski definition) is 2. The minimum Gasteiger partial charge on any atom is -0.399 e. The number of benzene rings is 2. The molecule has 0 saturated heterocycles. The monoisotopic (exact) mass is 294 g/mol. The van der Waals surface area contributed by atoms with Gasteiger partial charge in [-0.3, -0.25) is 4.79 Å². The van der Waals surface area contributed by atoms with Crippen molar-refractivity contribution >= 4 is 40.5 Å². The summed E-state index contributed by atoms with van der Waals surface area (Å²) in [5.74, 6) is -0.248. The van der Waals surface area contributed by atoms with Crippen LogP contribution in [-0.2, 0) is 0 Å². The number of rotatable bonds is 2. The molecule has 2 aromatic rings. The Labute approximate surface area is 121 Å². The van der Waals surface area contributed by atoms with Crippen molar-refractivity contribution in [3.05, 3.63) is 57.6 Å².